The Kier molecular flexibility index (Phi) is 5.24. The van der Waals surface area contributed by atoms with Gasteiger partial charge in [-0.05, 0) is 24.6 Å². The average molecular weight is 339 g/mol. The standard InChI is InChI=1S/C13H14Cl2F2N2O2/c1-6-4-18-5-8(6)12(20)19-7-2-9(14)11(10(15)3-7)21-13(16)17/h2-3,6,8,13,18H,4-5H2,1H3,(H,19,20)/t6-,8-/m1/s1. The minimum Gasteiger partial charge on any atom is -0.432 e. The predicted octanol–water partition coefficient (Wildman–Crippen LogP) is 3.39. The van der Waals surface area contributed by atoms with E-state index in [1.54, 1.807) is 0 Å². The van der Waals surface area contributed by atoms with Crippen LogP contribution < -0.4 is 15.4 Å². The van der Waals surface area contributed by atoms with Gasteiger partial charge in [-0.3, -0.25) is 4.79 Å². The zero-order chi connectivity index (χ0) is 15.6. The first kappa shape index (κ1) is 16.3. The zero-order valence-electron chi connectivity index (χ0n) is 11.1. The lowest BCUT2D eigenvalue weighted by molar-refractivity contribution is -0.120. The normalized spacial score (nSPS) is 21.6. The molecular formula is C13H14Cl2F2N2O2. The number of hydrogen-bond acceptors (Lipinski definition) is 3. The molecule has 1 aliphatic heterocycles. The minimum absolute atomic E-state index is 0.0873. The Balaban J connectivity index is 2.12. The molecule has 4 nitrogen and oxygen atoms in total. The van der Waals surface area contributed by atoms with Crippen molar-refractivity contribution in [1.82, 2.24) is 5.32 Å². The molecule has 0 bridgehead atoms. The van der Waals surface area contributed by atoms with E-state index in [4.69, 9.17) is 23.2 Å². The molecule has 0 aliphatic carbocycles. The predicted molar refractivity (Wildman–Crippen MR) is 77.2 cm³/mol. The molecule has 1 heterocycles. The van der Waals surface area contributed by atoms with Crippen molar-refractivity contribution in [2.24, 2.45) is 11.8 Å². The van der Waals surface area contributed by atoms with Crippen molar-refractivity contribution in [2.75, 3.05) is 18.4 Å². The highest BCUT2D eigenvalue weighted by Gasteiger charge is 2.29. The van der Waals surface area contributed by atoms with Gasteiger partial charge in [0.25, 0.3) is 0 Å². The van der Waals surface area contributed by atoms with Crippen molar-refractivity contribution in [3.8, 4) is 5.75 Å². The van der Waals surface area contributed by atoms with Gasteiger partial charge in [-0.2, -0.15) is 8.78 Å². The molecule has 0 unspecified atom stereocenters. The number of amides is 1. The monoisotopic (exact) mass is 338 g/mol. The van der Waals surface area contributed by atoms with E-state index in [0.29, 0.717) is 12.2 Å². The molecule has 1 aromatic carbocycles. The van der Waals surface area contributed by atoms with Crippen molar-refractivity contribution in [2.45, 2.75) is 13.5 Å². The van der Waals surface area contributed by atoms with Crippen LogP contribution in [0.25, 0.3) is 0 Å². The van der Waals surface area contributed by atoms with E-state index >= 15 is 0 Å². The Morgan fingerprint density at radius 2 is 2.00 bits per heavy atom. The molecule has 0 aromatic heterocycles. The summed E-state index contributed by atoms with van der Waals surface area (Å²) in [7, 11) is 0. The Hall–Kier alpha value is -1.11. The number of nitrogens with one attached hydrogen (secondary N) is 2. The number of halogens is 4. The quantitative estimate of drug-likeness (QED) is 0.884. The van der Waals surface area contributed by atoms with Gasteiger partial charge in [0.05, 0.1) is 16.0 Å². The first-order valence-corrected chi connectivity index (χ1v) is 7.09. The Morgan fingerprint density at radius 3 is 2.48 bits per heavy atom. The lowest BCUT2D eigenvalue weighted by atomic mass is 9.97. The third kappa shape index (κ3) is 3.96. The number of hydrogen-bond donors (Lipinski definition) is 2. The second-order valence-electron chi connectivity index (χ2n) is 4.88. The van der Waals surface area contributed by atoms with Gasteiger partial charge in [0, 0.05) is 12.2 Å². The lowest BCUT2D eigenvalue weighted by Crippen LogP contribution is -2.27. The van der Waals surface area contributed by atoms with Gasteiger partial charge in [0.15, 0.2) is 5.75 Å². The molecule has 116 valence electrons. The summed E-state index contributed by atoms with van der Waals surface area (Å²) in [6.45, 7) is 0.330. The second-order valence-corrected chi connectivity index (χ2v) is 5.69. The summed E-state index contributed by atoms with van der Waals surface area (Å²) in [5.41, 5.74) is 0.343. The first-order chi connectivity index (χ1) is 9.88. The second kappa shape index (κ2) is 6.77. The molecule has 2 atom stereocenters. The van der Waals surface area contributed by atoms with Crippen LogP contribution in [0.4, 0.5) is 14.5 Å². The number of anilines is 1. The SMILES string of the molecule is C[C@@H]1CNC[C@H]1C(=O)Nc1cc(Cl)c(OC(F)F)c(Cl)c1. The summed E-state index contributed by atoms with van der Waals surface area (Å²) in [5, 5.41) is 5.64. The van der Waals surface area contributed by atoms with E-state index in [-0.39, 0.29) is 33.5 Å². The van der Waals surface area contributed by atoms with Crippen LogP contribution in [0.15, 0.2) is 12.1 Å². The molecule has 1 fully saturated rings. The zero-order valence-corrected chi connectivity index (χ0v) is 12.6. The molecule has 0 spiro atoms. The smallest absolute Gasteiger partial charge is 0.387 e. The highest BCUT2D eigenvalue weighted by Crippen LogP contribution is 2.37. The summed E-state index contributed by atoms with van der Waals surface area (Å²) in [6, 6.07) is 2.66. The van der Waals surface area contributed by atoms with Gasteiger partial charge >= 0.3 is 6.61 Å². The van der Waals surface area contributed by atoms with Crippen molar-refractivity contribution >= 4 is 34.8 Å². The van der Waals surface area contributed by atoms with Crippen molar-refractivity contribution < 1.29 is 18.3 Å². The van der Waals surface area contributed by atoms with Crippen LogP contribution in [-0.2, 0) is 4.79 Å². The maximum absolute atomic E-state index is 12.2. The lowest BCUT2D eigenvalue weighted by Gasteiger charge is -2.16. The molecule has 1 aliphatic rings. The molecule has 21 heavy (non-hydrogen) atoms. The van der Waals surface area contributed by atoms with Crippen LogP contribution in [0.3, 0.4) is 0 Å². The summed E-state index contributed by atoms with van der Waals surface area (Å²) in [6.07, 6.45) is 0. The number of carbonyl (C=O) groups is 1. The van der Waals surface area contributed by atoms with Gasteiger partial charge < -0.3 is 15.4 Å². The van der Waals surface area contributed by atoms with Crippen molar-refractivity contribution in [3.63, 3.8) is 0 Å². The van der Waals surface area contributed by atoms with E-state index in [0.717, 1.165) is 6.54 Å². The molecule has 1 amide bonds. The Bertz CT molecular complexity index is 520. The van der Waals surface area contributed by atoms with E-state index < -0.39 is 6.61 Å². The average Bonchev–Trinajstić information content (AvgIpc) is 2.80. The highest BCUT2D eigenvalue weighted by atomic mass is 35.5. The number of carbonyl (C=O) groups excluding carboxylic acids is 1. The van der Waals surface area contributed by atoms with Crippen LogP contribution >= 0.6 is 23.2 Å². The number of alkyl halides is 2. The number of ether oxygens (including phenoxy) is 1. The van der Waals surface area contributed by atoms with E-state index in [2.05, 4.69) is 15.4 Å². The van der Waals surface area contributed by atoms with E-state index in [9.17, 15) is 13.6 Å². The van der Waals surface area contributed by atoms with Gasteiger partial charge in [-0.15, -0.1) is 0 Å². The fourth-order valence-electron chi connectivity index (χ4n) is 2.23. The van der Waals surface area contributed by atoms with Gasteiger partial charge in [0.1, 0.15) is 0 Å². The van der Waals surface area contributed by atoms with Crippen LogP contribution in [0.2, 0.25) is 10.0 Å². The van der Waals surface area contributed by atoms with E-state index in [1.807, 2.05) is 6.92 Å². The van der Waals surface area contributed by atoms with Crippen LogP contribution in [0, 0.1) is 11.8 Å². The molecular weight excluding hydrogens is 325 g/mol. The summed E-state index contributed by atoms with van der Waals surface area (Å²) < 4.78 is 28.7. The van der Waals surface area contributed by atoms with Gasteiger partial charge in [-0.1, -0.05) is 30.1 Å². The number of benzene rings is 1. The third-order valence-corrected chi connectivity index (χ3v) is 3.89. The summed E-state index contributed by atoms with van der Waals surface area (Å²) in [4.78, 5) is 12.1. The van der Waals surface area contributed by atoms with Crippen LogP contribution in [0.1, 0.15) is 6.92 Å². The molecule has 1 saturated heterocycles. The Morgan fingerprint density at radius 1 is 1.38 bits per heavy atom. The highest BCUT2D eigenvalue weighted by molar-refractivity contribution is 6.37. The molecule has 8 heteroatoms. The fraction of sp³-hybridized carbons (Fsp3) is 0.462. The molecule has 0 saturated carbocycles. The van der Waals surface area contributed by atoms with Gasteiger partial charge in [-0.25, -0.2) is 0 Å². The first-order valence-electron chi connectivity index (χ1n) is 6.34. The van der Waals surface area contributed by atoms with Crippen molar-refractivity contribution in [3.05, 3.63) is 22.2 Å². The van der Waals surface area contributed by atoms with Gasteiger partial charge in [0.2, 0.25) is 5.91 Å². The van der Waals surface area contributed by atoms with Crippen LogP contribution in [-0.4, -0.2) is 25.6 Å². The largest absolute Gasteiger partial charge is 0.432 e. The maximum Gasteiger partial charge on any atom is 0.387 e. The maximum atomic E-state index is 12.2. The molecule has 2 rings (SSSR count). The Labute approximate surface area is 130 Å². The van der Waals surface area contributed by atoms with Crippen LogP contribution in [0.5, 0.6) is 5.75 Å². The molecule has 1 aromatic rings. The van der Waals surface area contributed by atoms with Crippen molar-refractivity contribution in [1.29, 1.82) is 0 Å². The topological polar surface area (TPSA) is 50.4 Å². The fourth-order valence-corrected chi connectivity index (χ4v) is 2.81. The summed E-state index contributed by atoms with van der Waals surface area (Å²) in [5.74, 6) is -0.402. The summed E-state index contributed by atoms with van der Waals surface area (Å²) >= 11 is 11.7. The van der Waals surface area contributed by atoms with E-state index in [1.165, 1.54) is 12.1 Å². The third-order valence-electron chi connectivity index (χ3n) is 3.33. The minimum atomic E-state index is -3.02. The molecule has 0 radical (unpaired) electrons. The number of rotatable bonds is 4. The molecule has 2 N–H and O–H groups in total.